The topological polar surface area (TPSA) is 65.8 Å². The van der Waals surface area contributed by atoms with E-state index in [-0.39, 0.29) is 12.3 Å². The van der Waals surface area contributed by atoms with E-state index < -0.39 is 0 Å². The van der Waals surface area contributed by atoms with Gasteiger partial charge in [-0.1, -0.05) is 48.6 Å². The van der Waals surface area contributed by atoms with Crippen molar-refractivity contribution in [1.82, 2.24) is 0 Å². The normalized spacial score (nSPS) is 16.0. The summed E-state index contributed by atoms with van der Waals surface area (Å²) in [6.45, 7) is -0.0979. The Kier molecular flexibility index (Phi) is 4.37. The van der Waals surface area contributed by atoms with Gasteiger partial charge in [0.1, 0.15) is 0 Å². The van der Waals surface area contributed by atoms with Gasteiger partial charge in [-0.25, -0.2) is 0 Å². The fourth-order valence-electron chi connectivity index (χ4n) is 2.56. The lowest BCUT2D eigenvalue weighted by Crippen LogP contribution is -2.06. The molecule has 0 spiro atoms. The molecule has 0 aliphatic heterocycles. The first-order valence-corrected chi connectivity index (χ1v) is 6.45. The highest BCUT2D eigenvalue weighted by Crippen LogP contribution is 2.32. The van der Waals surface area contributed by atoms with Gasteiger partial charge in [0.15, 0.2) is 5.78 Å². The third kappa shape index (κ3) is 3.11. The molecule has 0 bridgehead atoms. The van der Waals surface area contributed by atoms with Crippen molar-refractivity contribution in [2.45, 2.75) is 38.0 Å². The van der Waals surface area contributed by atoms with Crippen molar-refractivity contribution < 1.29 is 4.79 Å². The number of carbonyl (C=O) groups excluding carboxylic acids is 1. The van der Waals surface area contributed by atoms with E-state index in [2.05, 4.69) is 10.0 Å². The molecule has 1 aliphatic rings. The van der Waals surface area contributed by atoms with Crippen LogP contribution in [-0.2, 0) is 0 Å². The smallest absolute Gasteiger partial charge is 0.168 e. The van der Waals surface area contributed by atoms with Gasteiger partial charge in [-0.3, -0.25) is 4.79 Å². The van der Waals surface area contributed by atoms with E-state index in [0.29, 0.717) is 11.5 Å². The van der Waals surface area contributed by atoms with Crippen molar-refractivity contribution in [2.24, 2.45) is 5.11 Å². The number of hydrogen-bond donors (Lipinski definition) is 0. The van der Waals surface area contributed by atoms with E-state index in [9.17, 15) is 4.79 Å². The number of carbonyl (C=O) groups is 1. The van der Waals surface area contributed by atoms with Gasteiger partial charge in [-0.2, -0.15) is 0 Å². The van der Waals surface area contributed by atoms with Crippen LogP contribution in [0, 0.1) is 0 Å². The summed E-state index contributed by atoms with van der Waals surface area (Å²) in [5.74, 6) is 0.531. The predicted molar refractivity (Wildman–Crippen MR) is 70.6 cm³/mol. The molecule has 0 saturated heterocycles. The summed E-state index contributed by atoms with van der Waals surface area (Å²) in [6, 6.07) is 7.77. The maximum atomic E-state index is 11.6. The van der Waals surface area contributed by atoms with Gasteiger partial charge in [0.2, 0.25) is 0 Å². The van der Waals surface area contributed by atoms with Crippen LogP contribution in [0.4, 0.5) is 0 Å². The summed E-state index contributed by atoms with van der Waals surface area (Å²) >= 11 is 0. The molecule has 0 amide bonds. The lowest BCUT2D eigenvalue weighted by atomic mass is 9.84. The molecule has 0 atom stereocenters. The highest BCUT2D eigenvalue weighted by atomic mass is 16.1. The van der Waals surface area contributed by atoms with Crippen molar-refractivity contribution in [2.75, 3.05) is 6.54 Å². The fraction of sp³-hybridized carbons (Fsp3) is 0.500. The largest absolute Gasteiger partial charge is 0.294 e. The van der Waals surface area contributed by atoms with Crippen LogP contribution in [-0.4, -0.2) is 12.3 Å². The molecular formula is C14H17N3O. The molecule has 0 unspecified atom stereocenters. The Morgan fingerprint density at radius 1 is 1.22 bits per heavy atom. The summed E-state index contributed by atoms with van der Waals surface area (Å²) in [7, 11) is 0. The molecule has 2 rings (SSSR count). The predicted octanol–water partition coefficient (Wildman–Crippen LogP) is 4.23. The second-order valence-electron chi connectivity index (χ2n) is 4.77. The molecule has 1 fully saturated rings. The van der Waals surface area contributed by atoms with E-state index in [1.165, 1.54) is 37.7 Å². The van der Waals surface area contributed by atoms with Crippen molar-refractivity contribution >= 4 is 5.78 Å². The molecule has 1 aromatic rings. The number of hydrogen-bond acceptors (Lipinski definition) is 2. The summed E-state index contributed by atoms with van der Waals surface area (Å²) in [6.07, 6.45) is 6.47. The Balaban J connectivity index is 2.04. The number of nitrogens with zero attached hydrogens (tertiary/aromatic N) is 3. The summed E-state index contributed by atoms with van der Waals surface area (Å²) < 4.78 is 0. The minimum Gasteiger partial charge on any atom is -0.294 e. The van der Waals surface area contributed by atoms with Crippen molar-refractivity contribution in [3.05, 3.63) is 45.8 Å². The molecule has 0 heterocycles. The Morgan fingerprint density at radius 3 is 2.50 bits per heavy atom. The molecule has 94 valence electrons. The summed E-state index contributed by atoms with van der Waals surface area (Å²) in [5.41, 5.74) is 10.1. The fourth-order valence-corrected chi connectivity index (χ4v) is 2.56. The zero-order valence-electron chi connectivity index (χ0n) is 10.4. The van der Waals surface area contributed by atoms with Crippen LogP contribution >= 0.6 is 0 Å². The Bertz CT molecular complexity index is 454. The lowest BCUT2D eigenvalue weighted by molar-refractivity contribution is 0.100. The molecule has 18 heavy (non-hydrogen) atoms. The molecule has 4 heteroatoms. The first-order valence-electron chi connectivity index (χ1n) is 6.45. The van der Waals surface area contributed by atoms with Crippen LogP contribution in [0.15, 0.2) is 29.4 Å². The van der Waals surface area contributed by atoms with Crippen LogP contribution in [0.2, 0.25) is 0 Å². The Hall–Kier alpha value is -1.80. The summed E-state index contributed by atoms with van der Waals surface area (Å²) in [5, 5.41) is 3.29. The molecular weight excluding hydrogens is 226 g/mol. The Morgan fingerprint density at radius 2 is 1.89 bits per heavy atom. The lowest BCUT2D eigenvalue weighted by Gasteiger charge is -2.21. The Labute approximate surface area is 107 Å². The quantitative estimate of drug-likeness (QED) is 0.338. The van der Waals surface area contributed by atoms with Gasteiger partial charge in [-0.15, -0.1) is 0 Å². The van der Waals surface area contributed by atoms with Gasteiger partial charge in [0.05, 0.1) is 6.54 Å². The van der Waals surface area contributed by atoms with Crippen LogP contribution < -0.4 is 0 Å². The highest BCUT2D eigenvalue weighted by Gasteiger charge is 2.15. The van der Waals surface area contributed by atoms with E-state index in [1.54, 1.807) is 0 Å². The highest BCUT2D eigenvalue weighted by molar-refractivity contribution is 5.97. The van der Waals surface area contributed by atoms with Gasteiger partial charge in [-0.05, 0) is 29.9 Å². The minimum atomic E-state index is -0.122. The van der Waals surface area contributed by atoms with Crippen molar-refractivity contribution in [3.63, 3.8) is 0 Å². The number of benzene rings is 1. The van der Waals surface area contributed by atoms with E-state index in [4.69, 9.17) is 5.53 Å². The number of rotatable bonds is 4. The molecule has 1 saturated carbocycles. The average Bonchev–Trinajstić information content (AvgIpc) is 2.46. The number of azide groups is 1. The van der Waals surface area contributed by atoms with E-state index >= 15 is 0 Å². The molecule has 1 aromatic carbocycles. The summed E-state index contributed by atoms with van der Waals surface area (Å²) in [4.78, 5) is 14.2. The van der Waals surface area contributed by atoms with E-state index in [1.807, 2.05) is 24.3 Å². The molecule has 0 N–H and O–H groups in total. The van der Waals surface area contributed by atoms with Gasteiger partial charge in [0.25, 0.3) is 0 Å². The third-order valence-electron chi connectivity index (χ3n) is 3.59. The van der Waals surface area contributed by atoms with Crippen LogP contribution in [0.1, 0.15) is 53.9 Å². The van der Waals surface area contributed by atoms with Gasteiger partial charge >= 0.3 is 0 Å². The SMILES string of the molecule is [N-]=[N+]=NCC(=O)c1ccc(C2CCCCC2)cc1. The van der Waals surface area contributed by atoms with Gasteiger partial charge in [0, 0.05) is 10.5 Å². The first kappa shape index (κ1) is 12.7. The second kappa shape index (κ2) is 6.22. The second-order valence-corrected chi connectivity index (χ2v) is 4.77. The van der Waals surface area contributed by atoms with E-state index in [0.717, 1.165) is 0 Å². The van der Waals surface area contributed by atoms with Crippen LogP contribution in [0.3, 0.4) is 0 Å². The number of Topliss-reactive ketones (excluding diaryl/α,β-unsaturated/α-hetero) is 1. The first-order chi connectivity index (χ1) is 8.81. The zero-order valence-corrected chi connectivity index (χ0v) is 10.4. The maximum absolute atomic E-state index is 11.6. The molecule has 4 nitrogen and oxygen atoms in total. The van der Waals surface area contributed by atoms with Gasteiger partial charge < -0.3 is 0 Å². The van der Waals surface area contributed by atoms with Crippen LogP contribution in [0.5, 0.6) is 0 Å². The van der Waals surface area contributed by atoms with Crippen molar-refractivity contribution in [3.8, 4) is 0 Å². The zero-order chi connectivity index (χ0) is 12.8. The molecule has 0 aromatic heterocycles. The van der Waals surface area contributed by atoms with Crippen LogP contribution in [0.25, 0.3) is 10.4 Å². The third-order valence-corrected chi connectivity index (χ3v) is 3.59. The average molecular weight is 243 g/mol. The minimum absolute atomic E-state index is 0.0979. The molecule has 0 radical (unpaired) electrons. The monoisotopic (exact) mass is 243 g/mol. The number of ketones is 1. The van der Waals surface area contributed by atoms with Crippen molar-refractivity contribution in [1.29, 1.82) is 0 Å². The maximum Gasteiger partial charge on any atom is 0.168 e. The molecule has 1 aliphatic carbocycles. The standard InChI is InChI=1S/C14H17N3O/c15-17-16-10-14(18)13-8-6-12(7-9-13)11-4-2-1-3-5-11/h6-9,11H,1-5,10H2.